The van der Waals surface area contributed by atoms with Gasteiger partial charge in [-0.25, -0.2) is 4.98 Å². The lowest BCUT2D eigenvalue weighted by Crippen LogP contribution is -1.91. The van der Waals surface area contributed by atoms with Crippen molar-refractivity contribution in [2.24, 2.45) is 0 Å². The molecule has 0 aliphatic carbocycles. The van der Waals surface area contributed by atoms with Crippen LogP contribution in [0.1, 0.15) is 0 Å². The summed E-state index contributed by atoms with van der Waals surface area (Å²) in [6.07, 6.45) is 3.47. The summed E-state index contributed by atoms with van der Waals surface area (Å²) >= 11 is 0. The Kier molecular flexibility index (Phi) is 1.27. The number of hydrogen-bond acceptors (Lipinski definition) is 4. The maximum Gasteiger partial charge on any atom is 0.216 e. The van der Waals surface area contributed by atoms with Gasteiger partial charge in [-0.1, -0.05) is 0 Å². The van der Waals surface area contributed by atoms with E-state index >= 15 is 0 Å². The minimum Gasteiger partial charge on any atom is -0.286 e. The van der Waals surface area contributed by atoms with Crippen molar-refractivity contribution in [2.45, 2.75) is 0 Å². The van der Waals surface area contributed by atoms with Crippen LogP contribution in [0.3, 0.4) is 0 Å². The Morgan fingerprint density at radius 3 is 3.00 bits per heavy atom. The van der Waals surface area contributed by atoms with E-state index in [-0.39, 0.29) is 5.43 Å². The van der Waals surface area contributed by atoms with E-state index in [2.05, 4.69) is 15.2 Å². The van der Waals surface area contributed by atoms with Gasteiger partial charge >= 0.3 is 0 Å². The van der Waals surface area contributed by atoms with E-state index in [1.54, 1.807) is 0 Å². The summed E-state index contributed by atoms with van der Waals surface area (Å²) in [5.41, 5.74) is -0.234. The number of hydrogen-bond donors (Lipinski definition) is 0. The van der Waals surface area contributed by atoms with E-state index in [0.717, 1.165) is 12.4 Å². The predicted octanol–water partition coefficient (Wildman–Crippen LogP) is -0.768. The molecule has 40 valence electrons. The van der Waals surface area contributed by atoms with Crippen molar-refractivity contribution in [1.29, 1.82) is 0 Å². The smallest absolute Gasteiger partial charge is 0.216 e. The third kappa shape index (κ3) is 1.07. The van der Waals surface area contributed by atoms with Gasteiger partial charge in [0.15, 0.2) is 0 Å². The summed E-state index contributed by atoms with van der Waals surface area (Å²) in [5.74, 6) is 0. The van der Waals surface area contributed by atoms with E-state index in [1.165, 1.54) is 6.33 Å². The summed E-state index contributed by atoms with van der Waals surface area (Å²) in [6, 6.07) is 0. The molecule has 0 bridgehead atoms. The van der Waals surface area contributed by atoms with Crippen molar-refractivity contribution in [3.05, 3.63) is 28.9 Å². The van der Waals surface area contributed by atoms with Gasteiger partial charge in [-0.2, -0.15) is 5.10 Å². The zero-order valence-corrected chi connectivity index (χ0v) is 3.98. The molecule has 0 saturated heterocycles. The van der Waals surface area contributed by atoms with Crippen LogP contribution in [0.5, 0.6) is 0 Å². The molecule has 0 aromatic carbocycles. The quantitative estimate of drug-likeness (QED) is 0.439. The zero-order valence-electron chi connectivity index (χ0n) is 3.98. The molecule has 0 aliphatic heterocycles. The maximum atomic E-state index is 10.3. The predicted molar refractivity (Wildman–Crippen MR) is 26.1 cm³/mol. The first-order valence-electron chi connectivity index (χ1n) is 2.01. The Morgan fingerprint density at radius 1 is 1.25 bits per heavy atom. The molecule has 0 unspecified atom stereocenters. The molecular formula is C4H3N3O. The van der Waals surface area contributed by atoms with Gasteiger partial charge in [-0.05, 0) is 0 Å². The molecule has 0 aliphatic rings. The molecular weight excluding hydrogens is 106 g/mol. The van der Waals surface area contributed by atoms with Gasteiger partial charge in [0, 0.05) is 0 Å². The molecule has 4 heteroatoms. The molecule has 0 spiro atoms. The Bertz CT molecular complexity index is 202. The summed E-state index contributed by atoms with van der Waals surface area (Å²) in [4.78, 5) is 13.8. The van der Waals surface area contributed by atoms with Gasteiger partial charge in [-0.15, -0.1) is 5.10 Å². The zero-order chi connectivity index (χ0) is 5.82. The van der Waals surface area contributed by atoms with Gasteiger partial charge in [0.2, 0.25) is 5.43 Å². The van der Waals surface area contributed by atoms with Gasteiger partial charge in [0.25, 0.3) is 0 Å². The maximum absolute atomic E-state index is 10.3. The Balaban J connectivity index is 3.32. The van der Waals surface area contributed by atoms with E-state index < -0.39 is 0 Å². The van der Waals surface area contributed by atoms with Crippen LogP contribution in [0.4, 0.5) is 0 Å². The highest BCUT2D eigenvalue weighted by atomic mass is 16.1. The molecule has 0 fully saturated rings. The average molecular weight is 109 g/mol. The largest absolute Gasteiger partial charge is 0.286 e. The number of aromatic nitrogens is 3. The summed E-state index contributed by atoms with van der Waals surface area (Å²) in [7, 11) is 0. The normalized spacial score (nSPS) is 8.50. The van der Waals surface area contributed by atoms with Crippen LogP contribution >= 0.6 is 0 Å². The second-order valence-corrected chi connectivity index (χ2v) is 1.16. The van der Waals surface area contributed by atoms with Crippen LogP contribution in [0.2, 0.25) is 0 Å². The molecule has 0 amide bonds. The standard InChI is InChI=1S/C4H3N3O/c8-4-1-5-3-7-6-2-4/h1-3H. The molecule has 8 heavy (non-hydrogen) atoms. The van der Waals surface area contributed by atoms with Gasteiger partial charge < -0.3 is 0 Å². The van der Waals surface area contributed by atoms with E-state index in [0.29, 0.717) is 0 Å². The third-order valence-electron chi connectivity index (χ3n) is 0.572. The van der Waals surface area contributed by atoms with Crippen LogP contribution in [0, 0.1) is 0 Å². The summed E-state index contributed by atoms with van der Waals surface area (Å²) in [6.45, 7) is 0. The fraction of sp³-hybridized carbons (Fsp3) is 0. The van der Waals surface area contributed by atoms with E-state index in [4.69, 9.17) is 0 Å². The van der Waals surface area contributed by atoms with Gasteiger partial charge in [-0.3, -0.25) is 4.79 Å². The molecule has 1 heterocycles. The van der Waals surface area contributed by atoms with Crippen LogP contribution in [0.15, 0.2) is 23.5 Å². The van der Waals surface area contributed by atoms with Crippen molar-refractivity contribution in [2.75, 3.05) is 0 Å². The second-order valence-electron chi connectivity index (χ2n) is 1.16. The minimum atomic E-state index is -0.234. The molecule has 1 aromatic rings. The first-order chi connectivity index (χ1) is 3.89. The molecule has 1 rings (SSSR count). The molecule has 0 N–H and O–H groups in total. The topological polar surface area (TPSA) is 55.7 Å². The number of nitrogens with zero attached hydrogens (tertiary/aromatic N) is 3. The fourth-order valence-corrected chi connectivity index (χ4v) is 0.290. The lowest BCUT2D eigenvalue weighted by atomic mass is 10.7. The molecule has 0 saturated carbocycles. The van der Waals surface area contributed by atoms with Crippen molar-refractivity contribution in [3.63, 3.8) is 0 Å². The van der Waals surface area contributed by atoms with Crippen molar-refractivity contribution in [3.8, 4) is 0 Å². The van der Waals surface area contributed by atoms with Crippen molar-refractivity contribution in [1.82, 2.24) is 15.2 Å². The van der Waals surface area contributed by atoms with Crippen LogP contribution < -0.4 is 5.43 Å². The Morgan fingerprint density at radius 2 is 2.12 bits per heavy atom. The lowest BCUT2D eigenvalue weighted by Gasteiger charge is -1.54. The van der Waals surface area contributed by atoms with Crippen LogP contribution in [-0.2, 0) is 0 Å². The highest BCUT2D eigenvalue weighted by Crippen LogP contribution is 1.53. The van der Waals surface area contributed by atoms with E-state index in [1.807, 2.05) is 0 Å². The van der Waals surface area contributed by atoms with E-state index in [9.17, 15) is 4.79 Å². The summed E-state index contributed by atoms with van der Waals surface area (Å²) < 4.78 is 0. The van der Waals surface area contributed by atoms with Crippen molar-refractivity contribution < 1.29 is 0 Å². The van der Waals surface area contributed by atoms with Crippen molar-refractivity contribution >= 4 is 0 Å². The monoisotopic (exact) mass is 109 g/mol. The SMILES string of the molecule is O=c1cncnnc1. The molecule has 0 atom stereocenters. The highest BCUT2D eigenvalue weighted by Gasteiger charge is 1.72. The first-order valence-corrected chi connectivity index (χ1v) is 2.01. The second kappa shape index (κ2) is 2.11. The van der Waals surface area contributed by atoms with Crippen LogP contribution in [0.25, 0.3) is 0 Å². The Labute approximate surface area is 45.2 Å². The average Bonchev–Trinajstić information content (AvgIpc) is 1.94. The minimum absolute atomic E-state index is 0.234. The van der Waals surface area contributed by atoms with Gasteiger partial charge in [0.1, 0.15) is 6.33 Å². The highest BCUT2D eigenvalue weighted by molar-refractivity contribution is 4.74. The Hall–Kier alpha value is -1.32. The molecule has 0 radical (unpaired) electrons. The lowest BCUT2D eigenvalue weighted by molar-refractivity contribution is 1.02. The fourth-order valence-electron chi connectivity index (χ4n) is 0.290. The first kappa shape index (κ1) is 4.83. The summed E-state index contributed by atoms with van der Waals surface area (Å²) in [5, 5.41) is 6.67. The third-order valence-corrected chi connectivity index (χ3v) is 0.572. The molecule has 1 aromatic heterocycles. The van der Waals surface area contributed by atoms with Crippen LogP contribution in [-0.4, -0.2) is 15.2 Å². The molecule has 4 nitrogen and oxygen atoms in total. The van der Waals surface area contributed by atoms with Gasteiger partial charge in [0.05, 0.1) is 12.4 Å². The number of rotatable bonds is 0.